The monoisotopic (exact) mass is 262 g/mol. The smallest absolute Gasteiger partial charge is 0.208 e. The summed E-state index contributed by atoms with van der Waals surface area (Å²) < 4.78 is 37.2. The Kier molecular flexibility index (Phi) is 4.76. The van der Waals surface area contributed by atoms with Gasteiger partial charge in [0, 0.05) is 13.1 Å². The van der Waals surface area contributed by atoms with E-state index in [0.29, 0.717) is 19.5 Å². The van der Waals surface area contributed by atoms with E-state index in [4.69, 9.17) is 0 Å². The average molecular weight is 262 g/mol. The molecule has 0 aromatic carbocycles. The summed E-state index contributed by atoms with van der Waals surface area (Å²) in [5.41, 5.74) is 0.275. The summed E-state index contributed by atoms with van der Waals surface area (Å²) in [5, 5.41) is 2.78. The number of hydrogen-bond acceptors (Lipinski definition) is 5. The normalized spacial score (nSPS) is 11.5. The molecular weight excluding hydrogens is 247 g/mol. The standard InChI is InChI=1S/C9H15FN4O2S/c1-7-8(10)9(13-6-12-7)11-4-3-5-14-17(2,15)16/h6,14H,3-5H2,1-2H3,(H,11,12,13). The molecule has 1 rings (SSSR count). The Balaban J connectivity index is 2.34. The number of nitrogens with zero attached hydrogens (tertiary/aromatic N) is 2. The van der Waals surface area contributed by atoms with E-state index < -0.39 is 15.8 Å². The highest BCUT2D eigenvalue weighted by Crippen LogP contribution is 2.10. The van der Waals surface area contributed by atoms with Crippen LogP contribution in [0, 0.1) is 12.7 Å². The van der Waals surface area contributed by atoms with Gasteiger partial charge < -0.3 is 5.32 Å². The quantitative estimate of drug-likeness (QED) is 0.719. The van der Waals surface area contributed by atoms with Crippen molar-refractivity contribution in [3.63, 3.8) is 0 Å². The summed E-state index contributed by atoms with van der Waals surface area (Å²) in [5.74, 6) is -0.347. The Morgan fingerprint density at radius 1 is 1.35 bits per heavy atom. The van der Waals surface area contributed by atoms with Gasteiger partial charge in [-0.25, -0.2) is 27.5 Å². The van der Waals surface area contributed by atoms with E-state index in [-0.39, 0.29) is 11.5 Å². The first-order chi connectivity index (χ1) is 7.90. The molecular formula is C9H15FN4O2S. The van der Waals surface area contributed by atoms with Crippen molar-refractivity contribution in [1.82, 2.24) is 14.7 Å². The molecule has 1 heterocycles. The first kappa shape index (κ1) is 13.8. The van der Waals surface area contributed by atoms with Crippen molar-refractivity contribution < 1.29 is 12.8 Å². The fraction of sp³-hybridized carbons (Fsp3) is 0.556. The van der Waals surface area contributed by atoms with Crippen molar-refractivity contribution in [3.05, 3.63) is 17.8 Å². The number of aromatic nitrogens is 2. The van der Waals surface area contributed by atoms with Gasteiger partial charge in [-0.3, -0.25) is 0 Å². The Hall–Kier alpha value is -1.28. The van der Waals surface area contributed by atoms with E-state index in [1.165, 1.54) is 6.33 Å². The van der Waals surface area contributed by atoms with Crippen molar-refractivity contribution in [1.29, 1.82) is 0 Å². The number of nitrogens with one attached hydrogen (secondary N) is 2. The van der Waals surface area contributed by atoms with Crippen LogP contribution in [0.4, 0.5) is 10.2 Å². The second-order valence-corrected chi connectivity index (χ2v) is 5.40. The number of hydrogen-bond donors (Lipinski definition) is 2. The van der Waals surface area contributed by atoms with Crippen molar-refractivity contribution in [2.24, 2.45) is 0 Å². The van der Waals surface area contributed by atoms with Gasteiger partial charge >= 0.3 is 0 Å². The molecule has 8 heteroatoms. The summed E-state index contributed by atoms with van der Waals surface area (Å²) in [6.45, 7) is 2.28. The third-order valence-electron chi connectivity index (χ3n) is 1.97. The van der Waals surface area contributed by atoms with Crippen LogP contribution in [-0.2, 0) is 10.0 Å². The fourth-order valence-corrected chi connectivity index (χ4v) is 1.65. The molecule has 0 unspecified atom stereocenters. The maximum atomic E-state index is 13.4. The van der Waals surface area contributed by atoms with E-state index >= 15 is 0 Å². The third-order valence-corrected chi connectivity index (χ3v) is 2.70. The van der Waals surface area contributed by atoms with Crippen LogP contribution in [0.1, 0.15) is 12.1 Å². The van der Waals surface area contributed by atoms with Gasteiger partial charge in [0.25, 0.3) is 0 Å². The van der Waals surface area contributed by atoms with Crippen LogP contribution in [0.5, 0.6) is 0 Å². The van der Waals surface area contributed by atoms with Crippen LogP contribution in [-0.4, -0.2) is 37.7 Å². The summed E-state index contributed by atoms with van der Waals surface area (Å²) in [6, 6.07) is 0. The Bertz CT molecular complexity index is 478. The lowest BCUT2D eigenvalue weighted by molar-refractivity contribution is 0.585. The summed E-state index contributed by atoms with van der Waals surface area (Å²) in [4.78, 5) is 7.45. The van der Waals surface area contributed by atoms with Crippen molar-refractivity contribution in [2.45, 2.75) is 13.3 Å². The number of anilines is 1. The van der Waals surface area contributed by atoms with Crippen LogP contribution in [0.25, 0.3) is 0 Å². The lowest BCUT2D eigenvalue weighted by atomic mass is 10.4. The largest absolute Gasteiger partial charge is 0.367 e. The van der Waals surface area contributed by atoms with Gasteiger partial charge in [-0.15, -0.1) is 0 Å². The van der Waals surface area contributed by atoms with Crippen molar-refractivity contribution >= 4 is 15.8 Å². The van der Waals surface area contributed by atoms with E-state index in [2.05, 4.69) is 20.0 Å². The summed E-state index contributed by atoms with van der Waals surface area (Å²) >= 11 is 0. The van der Waals surface area contributed by atoms with Gasteiger partial charge in [0.2, 0.25) is 10.0 Å². The molecule has 0 fully saturated rings. The second-order valence-electron chi connectivity index (χ2n) is 3.57. The highest BCUT2D eigenvalue weighted by atomic mass is 32.2. The maximum Gasteiger partial charge on any atom is 0.208 e. The minimum Gasteiger partial charge on any atom is -0.367 e. The Morgan fingerprint density at radius 3 is 2.71 bits per heavy atom. The summed E-state index contributed by atoms with van der Waals surface area (Å²) in [7, 11) is -3.16. The first-order valence-electron chi connectivity index (χ1n) is 5.06. The van der Waals surface area contributed by atoms with Gasteiger partial charge in [0.1, 0.15) is 6.33 Å². The third kappa shape index (κ3) is 5.05. The summed E-state index contributed by atoms with van der Waals surface area (Å²) in [6.07, 6.45) is 2.90. The average Bonchev–Trinajstić information content (AvgIpc) is 2.22. The molecule has 96 valence electrons. The fourth-order valence-electron chi connectivity index (χ4n) is 1.13. The molecule has 0 saturated heterocycles. The molecule has 6 nitrogen and oxygen atoms in total. The molecule has 0 aliphatic rings. The van der Waals surface area contributed by atoms with Gasteiger partial charge in [-0.05, 0) is 13.3 Å². The zero-order valence-corrected chi connectivity index (χ0v) is 10.5. The van der Waals surface area contributed by atoms with E-state index in [1.807, 2.05) is 0 Å². The van der Waals surface area contributed by atoms with Gasteiger partial charge in [-0.1, -0.05) is 0 Å². The zero-order chi connectivity index (χ0) is 12.9. The van der Waals surface area contributed by atoms with Crippen molar-refractivity contribution in [2.75, 3.05) is 24.7 Å². The highest BCUT2D eigenvalue weighted by Gasteiger charge is 2.06. The Morgan fingerprint density at radius 2 is 2.06 bits per heavy atom. The van der Waals surface area contributed by atoms with E-state index in [0.717, 1.165) is 6.26 Å². The van der Waals surface area contributed by atoms with Gasteiger partial charge in [0.15, 0.2) is 11.6 Å². The number of rotatable bonds is 6. The number of aryl methyl sites for hydroxylation is 1. The molecule has 0 spiro atoms. The van der Waals surface area contributed by atoms with Crippen LogP contribution in [0.2, 0.25) is 0 Å². The van der Waals surface area contributed by atoms with Crippen LogP contribution < -0.4 is 10.0 Å². The molecule has 0 bridgehead atoms. The number of halogens is 1. The second kappa shape index (κ2) is 5.87. The van der Waals surface area contributed by atoms with Crippen LogP contribution in [0.3, 0.4) is 0 Å². The minimum absolute atomic E-state index is 0.136. The van der Waals surface area contributed by atoms with Gasteiger partial charge in [-0.2, -0.15) is 0 Å². The topological polar surface area (TPSA) is 84.0 Å². The molecule has 0 aliphatic heterocycles. The lowest BCUT2D eigenvalue weighted by Gasteiger charge is -2.07. The zero-order valence-electron chi connectivity index (χ0n) is 9.70. The highest BCUT2D eigenvalue weighted by molar-refractivity contribution is 7.88. The Labute approximate surface area is 99.7 Å². The van der Waals surface area contributed by atoms with Crippen LogP contribution in [0.15, 0.2) is 6.33 Å². The molecule has 1 aromatic heterocycles. The van der Waals surface area contributed by atoms with E-state index in [1.54, 1.807) is 6.92 Å². The predicted octanol–water partition coefficient (Wildman–Crippen LogP) is 0.275. The molecule has 0 aliphatic carbocycles. The van der Waals surface area contributed by atoms with Crippen molar-refractivity contribution in [3.8, 4) is 0 Å². The molecule has 0 radical (unpaired) electrons. The molecule has 1 aromatic rings. The lowest BCUT2D eigenvalue weighted by Crippen LogP contribution is -2.24. The predicted molar refractivity (Wildman–Crippen MR) is 62.7 cm³/mol. The maximum absolute atomic E-state index is 13.4. The first-order valence-corrected chi connectivity index (χ1v) is 6.95. The van der Waals surface area contributed by atoms with E-state index in [9.17, 15) is 12.8 Å². The van der Waals surface area contributed by atoms with Crippen LogP contribution >= 0.6 is 0 Å². The molecule has 0 atom stereocenters. The number of sulfonamides is 1. The molecule has 2 N–H and O–H groups in total. The molecule has 0 amide bonds. The van der Waals surface area contributed by atoms with Gasteiger partial charge in [0.05, 0.1) is 11.9 Å². The molecule has 0 saturated carbocycles. The minimum atomic E-state index is -3.16. The SMILES string of the molecule is Cc1ncnc(NCCCNS(C)(=O)=O)c1F. The molecule has 17 heavy (non-hydrogen) atoms.